The van der Waals surface area contributed by atoms with Crippen molar-refractivity contribution in [3.63, 3.8) is 0 Å². The normalized spacial score (nSPS) is 14.5. The van der Waals surface area contributed by atoms with Gasteiger partial charge >= 0.3 is 0 Å². The molecule has 1 fully saturated rings. The number of hydrogen-bond acceptors (Lipinski definition) is 7. The molecule has 0 radical (unpaired) electrons. The van der Waals surface area contributed by atoms with Crippen LogP contribution >= 0.6 is 0 Å². The molecule has 2 N–H and O–H groups in total. The van der Waals surface area contributed by atoms with Crippen LogP contribution < -0.4 is 15.4 Å². The molecule has 0 spiro atoms. The zero-order chi connectivity index (χ0) is 26.6. The molecule has 2 aromatic carbocycles. The van der Waals surface area contributed by atoms with Gasteiger partial charge in [0, 0.05) is 70.7 Å². The lowest BCUT2D eigenvalue weighted by atomic mass is 10.1. The second-order valence-corrected chi connectivity index (χ2v) is 9.85. The van der Waals surface area contributed by atoms with Gasteiger partial charge in [0.2, 0.25) is 11.9 Å². The Labute approximate surface area is 223 Å². The zero-order valence-corrected chi connectivity index (χ0v) is 22.5. The van der Waals surface area contributed by atoms with E-state index in [0.717, 1.165) is 61.9 Å². The summed E-state index contributed by atoms with van der Waals surface area (Å²) in [6.07, 6.45) is 1.60. The largest absolute Gasteiger partial charge is 0.457 e. The third kappa shape index (κ3) is 6.12. The van der Waals surface area contributed by atoms with Crippen molar-refractivity contribution < 1.29 is 9.53 Å². The monoisotopic (exact) mass is 513 g/mol. The van der Waals surface area contributed by atoms with E-state index >= 15 is 0 Å². The number of nitrogens with one attached hydrogen (secondary N) is 2. The highest BCUT2D eigenvalue weighted by atomic mass is 16.5. The van der Waals surface area contributed by atoms with E-state index in [9.17, 15) is 4.79 Å². The van der Waals surface area contributed by atoms with E-state index in [0.29, 0.717) is 17.3 Å². The van der Waals surface area contributed by atoms with Crippen LogP contribution in [-0.2, 0) is 18.4 Å². The van der Waals surface area contributed by atoms with Crippen LogP contribution in [-0.4, -0.2) is 63.0 Å². The average molecular weight is 514 g/mol. The van der Waals surface area contributed by atoms with Crippen LogP contribution in [0.25, 0.3) is 11.0 Å². The van der Waals surface area contributed by atoms with Gasteiger partial charge in [0.25, 0.3) is 0 Å². The fourth-order valence-electron chi connectivity index (χ4n) is 4.88. The van der Waals surface area contributed by atoms with Crippen LogP contribution in [0.3, 0.4) is 0 Å². The lowest BCUT2D eigenvalue weighted by Crippen LogP contribution is -2.45. The second-order valence-electron chi connectivity index (χ2n) is 9.85. The van der Waals surface area contributed by atoms with Gasteiger partial charge in [0.15, 0.2) is 0 Å². The molecule has 0 atom stereocenters. The minimum absolute atomic E-state index is 0.179. The summed E-state index contributed by atoms with van der Waals surface area (Å²) in [7, 11) is 1.99. The molecule has 9 heteroatoms. The Kier molecular flexibility index (Phi) is 7.57. The van der Waals surface area contributed by atoms with Gasteiger partial charge in [-0.05, 0) is 54.9 Å². The Balaban J connectivity index is 1.31. The summed E-state index contributed by atoms with van der Waals surface area (Å²) in [6.45, 7) is 12.4. The van der Waals surface area contributed by atoms with Crippen LogP contribution in [0.5, 0.6) is 11.5 Å². The topological polar surface area (TPSA) is 87.6 Å². The van der Waals surface area contributed by atoms with Gasteiger partial charge in [-0.1, -0.05) is 13.0 Å². The number of carbonyl (C=O) groups excluding carboxylic acids is 1. The minimum atomic E-state index is -0.179. The third-order valence-electron chi connectivity index (χ3n) is 6.84. The summed E-state index contributed by atoms with van der Waals surface area (Å²) in [5.74, 6) is 2.30. The number of anilines is 3. The van der Waals surface area contributed by atoms with E-state index in [-0.39, 0.29) is 5.91 Å². The number of hydrogen-bond donors (Lipinski definition) is 2. The smallest absolute Gasteiger partial charge is 0.222 e. The van der Waals surface area contributed by atoms with Crippen LogP contribution in [0.1, 0.15) is 25.0 Å². The number of likely N-dealkylation sites (N-methyl/N-ethyl adjacent to an activating group) is 1. The van der Waals surface area contributed by atoms with E-state index in [4.69, 9.17) is 9.72 Å². The first-order valence-electron chi connectivity index (χ1n) is 13.1. The fraction of sp³-hybridized carbons (Fsp3) is 0.345. The molecule has 1 aliphatic rings. The minimum Gasteiger partial charge on any atom is -0.457 e. The molecular weight excluding hydrogens is 478 g/mol. The van der Waals surface area contributed by atoms with Gasteiger partial charge in [-0.2, -0.15) is 0 Å². The molecule has 4 aromatic rings. The van der Waals surface area contributed by atoms with Crippen LogP contribution in [0.2, 0.25) is 0 Å². The van der Waals surface area contributed by atoms with Gasteiger partial charge in [0.05, 0.1) is 11.0 Å². The molecule has 3 heterocycles. The number of pyridine rings is 1. The van der Waals surface area contributed by atoms with Crippen molar-refractivity contribution in [1.29, 1.82) is 0 Å². The number of amides is 1. The highest BCUT2D eigenvalue weighted by molar-refractivity contribution is 5.87. The maximum atomic E-state index is 11.3. The van der Waals surface area contributed by atoms with Gasteiger partial charge < -0.3 is 24.8 Å². The quantitative estimate of drug-likeness (QED) is 0.346. The predicted molar refractivity (Wildman–Crippen MR) is 151 cm³/mol. The molecule has 9 nitrogen and oxygen atoms in total. The first-order chi connectivity index (χ1) is 18.4. The summed E-state index contributed by atoms with van der Waals surface area (Å²) < 4.78 is 8.08. The standard InChI is InChI=1S/C29H35N7O2/c1-5-35-10-12-36(13-11-35)19-22-14-20(2)15-23(16-22)32-29-33-26-7-6-24(17-27(26)34(29)4)38-25-8-9-30-28(18-25)31-21(3)37/h6-9,14-18H,5,10-13,19H2,1-4H3,(H,32,33)(H,30,31,37). The average Bonchev–Trinajstić information content (AvgIpc) is 3.18. The molecule has 0 unspecified atom stereocenters. The third-order valence-corrected chi connectivity index (χ3v) is 6.84. The van der Waals surface area contributed by atoms with E-state index in [1.807, 2.05) is 29.8 Å². The Morgan fingerprint density at radius 2 is 1.76 bits per heavy atom. The summed E-state index contributed by atoms with van der Waals surface area (Å²) >= 11 is 0. The molecular formula is C29H35N7O2. The summed E-state index contributed by atoms with van der Waals surface area (Å²) in [5, 5.41) is 6.20. The molecule has 1 amide bonds. The number of ether oxygens (including phenoxy) is 1. The lowest BCUT2D eigenvalue weighted by Gasteiger charge is -2.34. The first kappa shape index (κ1) is 25.7. The van der Waals surface area contributed by atoms with E-state index in [1.54, 1.807) is 18.3 Å². The van der Waals surface area contributed by atoms with Crippen molar-refractivity contribution >= 4 is 34.4 Å². The lowest BCUT2D eigenvalue weighted by molar-refractivity contribution is -0.114. The molecule has 2 aromatic heterocycles. The predicted octanol–water partition coefficient (Wildman–Crippen LogP) is 4.91. The van der Waals surface area contributed by atoms with Crippen molar-refractivity contribution in [1.82, 2.24) is 24.3 Å². The summed E-state index contributed by atoms with van der Waals surface area (Å²) in [6, 6.07) is 15.9. The van der Waals surface area contributed by atoms with E-state index in [2.05, 4.69) is 57.5 Å². The van der Waals surface area contributed by atoms with Crippen molar-refractivity contribution in [3.8, 4) is 11.5 Å². The Morgan fingerprint density at radius 1 is 1.00 bits per heavy atom. The zero-order valence-electron chi connectivity index (χ0n) is 22.5. The molecule has 0 aliphatic carbocycles. The van der Waals surface area contributed by atoms with Crippen molar-refractivity contribution in [2.24, 2.45) is 7.05 Å². The Hall–Kier alpha value is -3.95. The number of imidazole rings is 1. The fourth-order valence-corrected chi connectivity index (χ4v) is 4.88. The molecule has 0 saturated carbocycles. The molecule has 1 saturated heterocycles. The highest BCUT2D eigenvalue weighted by Gasteiger charge is 2.16. The SMILES string of the molecule is CCN1CCN(Cc2cc(C)cc(Nc3nc4ccc(Oc5ccnc(NC(C)=O)c5)cc4n3C)c2)CC1. The van der Waals surface area contributed by atoms with Crippen molar-refractivity contribution in [3.05, 3.63) is 65.9 Å². The van der Waals surface area contributed by atoms with Crippen molar-refractivity contribution in [2.75, 3.05) is 43.4 Å². The number of aromatic nitrogens is 3. The Bertz CT molecular complexity index is 1440. The van der Waals surface area contributed by atoms with Crippen LogP contribution in [0.4, 0.5) is 17.5 Å². The number of benzene rings is 2. The summed E-state index contributed by atoms with van der Waals surface area (Å²) in [5.41, 5.74) is 5.38. The maximum Gasteiger partial charge on any atom is 0.222 e. The van der Waals surface area contributed by atoms with Crippen molar-refractivity contribution in [2.45, 2.75) is 27.3 Å². The Morgan fingerprint density at radius 3 is 2.53 bits per heavy atom. The molecule has 5 rings (SSSR count). The van der Waals surface area contributed by atoms with E-state index < -0.39 is 0 Å². The number of nitrogens with zero attached hydrogens (tertiary/aromatic N) is 5. The maximum absolute atomic E-state index is 11.3. The molecule has 1 aliphatic heterocycles. The number of carbonyl (C=O) groups is 1. The molecule has 198 valence electrons. The summed E-state index contributed by atoms with van der Waals surface area (Å²) in [4.78, 5) is 25.3. The van der Waals surface area contributed by atoms with Gasteiger partial charge in [-0.25, -0.2) is 9.97 Å². The molecule has 0 bridgehead atoms. The van der Waals surface area contributed by atoms with Gasteiger partial charge in [-0.3, -0.25) is 9.69 Å². The number of aryl methyl sites for hydroxylation is 2. The molecule has 38 heavy (non-hydrogen) atoms. The first-order valence-corrected chi connectivity index (χ1v) is 13.1. The van der Waals surface area contributed by atoms with E-state index in [1.165, 1.54) is 18.1 Å². The second kappa shape index (κ2) is 11.2. The van der Waals surface area contributed by atoms with Crippen LogP contribution in [0, 0.1) is 6.92 Å². The van der Waals surface area contributed by atoms with Gasteiger partial charge in [-0.15, -0.1) is 0 Å². The number of piperazine rings is 1. The van der Waals surface area contributed by atoms with Crippen LogP contribution in [0.15, 0.2) is 54.7 Å². The van der Waals surface area contributed by atoms with Gasteiger partial charge in [0.1, 0.15) is 17.3 Å². The number of fused-ring (bicyclic) bond motifs is 1. The number of rotatable bonds is 8. The highest BCUT2D eigenvalue weighted by Crippen LogP contribution is 2.29.